The lowest BCUT2D eigenvalue weighted by molar-refractivity contribution is -0.140. The number of rotatable bonds is 10. The lowest BCUT2D eigenvalue weighted by atomic mass is 10.0. The molecule has 0 saturated carbocycles. The summed E-state index contributed by atoms with van der Waals surface area (Å²) in [5.74, 6) is -0.460. The molecule has 0 aromatic heterocycles. The van der Waals surface area contributed by atoms with Gasteiger partial charge >= 0.3 is 0 Å². The van der Waals surface area contributed by atoms with E-state index in [9.17, 15) is 9.59 Å². The van der Waals surface area contributed by atoms with Crippen LogP contribution in [-0.2, 0) is 29.0 Å². The van der Waals surface area contributed by atoms with E-state index in [2.05, 4.69) is 5.32 Å². The van der Waals surface area contributed by atoms with Gasteiger partial charge in [-0.05, 0) is 35.7 Å². The van der Waals surface area contributed by atoms with Crippen molar-refractivity contribution in [3.8, 4) is 0 Å². The Bertz CT molecular complexity index is 1100. The Morgan fingerprint density at radius 2 is 1.47 bits per heavy atom. The van der Waals surface area contributed by atoms with Crippen LogP contribution in [0, 0.1) is 0 Å². The van der Waals surface area contributed by atoms with E-state index in [4.69, 9.17) is 34.8 Å². The zero-order valence-electron chi connectivity index (χ0n) is 18.9. The van der Waals surface area contributed by atoms with Gasteiger partial charge in [0.05, 0.1) is 6.42 Å². The fourth-order valence-corrected chi connectivity index (χ4v) is 4.40. The largest absolute Gasteiger partial charge is 0.354 e. The minimum absolute atomic E-state index is 0.0497. The Labute approximate surface area is 215 Å². The third-order valence-corrected chi connectivity index (χ3v) is 6.59. The fourth-order valence-electron chi connectivity index (χ4n) is 3.68. The summed E-state index contributed by atoms with van der Waals surface area (Å²) in [4.78, 5) is 28.6. The van der Waals surface area contributed by atoms with Crippen LogP contribution in [0.3, 0.4) is 0 Å². The summed E-state index contributed by atoms with van der Waals surface area (Å²) in [6.07, 6.45) is 1.19. The smallest absolute Gasteiger partial charge is 0.243 e. The molecule has 0 saturated heterocycles. The maximum atomic E-state index is 13.7. The molecule has 3 rings (SSSR count). The van der Waals surface area contributed by atoms with Gasteiger partial charge in [-0.25, -0.2) is 0 Å². The maximum absolute atomic E-state index is 13.7. The molecule has 0 spiro atoms. The monoisotopic (exact) mass is 516 g/mol. The Hall–Kier alpha value is -2.53. The predicted octanol–water partition coefficient (Wildman–Crippen LogP) is 6.36. The SMILES string of the molecule is CCCNC(=O)[C@@H](Cc1ccccc1)N(Cc1c(Cl)cccc1Cl)C(=O)Cc1ccccc1Cl. The van der Waals surface area contributed by atoms with Crippen molar-refractivity contribution in [2.45, 2.75) is 38.8 Å². The molecule has 0 bridgehead atoms. The van der Waals surface area contributed by atoms with Crippen LogP contribution < -0.4 is 5.32 Å². The number of benzene rings is 3. The van der Waals surface area contributed by atoms with E-state index in [0.717, 1.165) is 12.0 Å². The number of nitrogens with zero attached hydrogens (tertiary/aromatic N) is 1. The molecule has 0 unspecified atom stereocenters. The van der Waals surface area contributed by atoms with Crippen LogP contribution in [0.2, 0.25) is 15.1 Å². The van der Waals surface area contributed by atoms with Gasteiger partial charge in [0.2, 0.25) is 11.8 Å². The Balaban J connectivity index is 2.01. The second-order valence-electron chi connectivity index (χ2n) is 7.99. The van der Waals surface area contributed by atoms with Crippen LogP contribution in [0.25, 0.3) is 0 Å². The van der Waals surface area contributed by atoms with Crippen LogP contribution in [-0.4, -0.2) is 29.3 Å². The van der Waals surface area contributed by atoms with Crippen LogP contribution in [0.4, 0.5) is 0 Å². The lowest BCUT2D eigenvalue weighted by Gasteiger charge is -2.32. The highest BCUT2D eigenvalue weighted by molar-refractivity contribution is 6.36. The quantitative estimate of drug-likeness (QED) is 0.340. The molecule has 0 aliphatic heterocycles. The number of nitrogens with one attached hydrogen (secondary N) is 1. The summed E-state index contributed by atoms with van der Waals surface area (Å²) in [5, 5.41) is 4.34. The van der Waals surface area contributed by atoms with Crippen LogP contribution in [0.1, 0.15) is 30.0 Å². The van der Waals surface area contributed by atoms with Crippen molar-refractivity contribution in [2.75, 3.05) is 6.54 Å². The highest BCUT2D eigenvalue weighted by atomic mass is 35.5. The average molecular weight is 518 g/mol. The first-order valence-electron chi connectivity index (χ1n) is 11.2. The maximum Gasteiger partial charge on any atom is 0.243 e. The molecule has 178 valence electrons. The molecule has 1 atom stereocenters. The molecule has 0 heterocycles. The summed E-state index contributed by atoms with van der Waals surface area (Å²) in [7, 11) is 0. The molecular formula is C27H27Cl3N2O2. The van der Waals surface area contributed by atoms with Gasteiger partial charge in [0, 0.05) is 40.1 Å². The minimum atomic E-state index is -0.753. The van der Waals surface area contributed by atoms with E-state index in [1.54, 1.807) is 29.2 Å². The zero-order chi connectivity index (χ0) is 24.5. The first kappa shape index (κ1) is 26.1. The van der Waals surface area contributed by atoms with Crippen molar-refractivity contribution in [2.24, 2.45) is 0 Å². The second-order valence-corrected chi connectivity index (χ2v) is 9.21. The second kappa shape index (κ2) is 12.8. The Morgan fingerprint density at radius 1 is 0.853 bits per heavy atom. The highest BCUT2D eigenvalue weighted by Crippen LogP contribution is 2.28. The van der Waals surface area contributed by atoms with Gasteiger partial charge in [0.1, 0.15) is 6.04 Å². The third-order valence-electron chi connectivity index (χ3n) is 5.51. The van der Waals surface area contributed by atoms with Crippen molar-refractivity contribution in [1.82, 2.24) is 10.2 Å². The molecule has 1 N–H and O–H groups in total. The van der Waals surface area contributed by atoms with Crippen LogP contribution in [0.15, 0.2) is 72.8 Å². The standard InChI is InChI=1S/C27H27Cl3N2O2/c1-2-15-31-27(34)25(16-19-9-4-3-5-10-19)32(18-21-23(29)13-8-14-24(21)30)26(33)17-20-11-6-7-12-22(20)28/h3-14,25H,2,15-18H2,1H3,(H,31,34)/t25-/m1/s1. The van der Waals surface area contributed by atoms with E-state index in [-0.39, 0.29) is 24.8 Å². The van der Waals surface area contributed by atoms with Crippen molar-refractivity contribution in [3.05, 3.63) is 105 Å². The van der Waals surface area contributed by atoms with Gasteiger partial charge in [-0.2, -0.15) is 0 Å². The molecule has 4 nitrogen and oxygen atoms in total. The van der Waals surface area contributed by atoms with Gasteiger partial charge in [-0.15, -0.1) is 0 Å². The summed E-state index contributed by atoms with van der Waals surface area (Å²) in [6.45, 7) is 2.60. The number of carbonyl (C=O) groups excluding carboxylic acids is 2. The summed E-state index contributed by atoms with van der Waals surface area (Å²) >= 11 is 19.2. The Kier molecular flexibility index (Phi) is 9.82. The molecule has 7 heteroatoms. The van der Waals surface area contributed by atoms with Gasteiger partial charge in [-0.3, -0.25) is 9.59 Å². The number of amides is 2. The molecule has 0 fully saturated rings. The van der Waals surface area contributed by atoms with E-state index in [1.807, 2.05) is 55.5 Å². The number of halogens is 3. The van der Waals surface area contributed by atoms with Crippen LogP contribution >= 0.6 is 34.8 Å². The first-order chi connectivity index (χ1) is 16.4. The minimum Gasteiger partial charge on any atom is -0.354 e. The molecule has 0 radical (unpaired) electrons. The number of carbonyl (C=O) groups is 2. The normalized spacial score (nSPS) is 11.6. The van der Waals surface area contributed by atoms with Gasteiger partial charge in [-0.1, -0.05) is 96.3 Å². The molecule has 3 aromatic rings. The summed E-state index contributed by atoms with van der Waals surface area (Å²) in [6, 6.07) is 21.3. The molecule has 3 aromatic carbocycles. The van der Waals surface area contributed by atoms with Gasteiger partial charge in [0.15, 0.2) is 0 Å². The lowest BCUT2D eigenvalue weighted by Crippen LogP contribution is -2.51. The van der Waals surface area contributed by atoms with Crippen molar-refractivity contribution in [3.63, 3.8) is 0 Å². The van der Waals surface area contributed by atoms with Gasteiger partial charge < -0.3 is 10.2 Å². The topological polar surface area (TPSA) is 49.4 Å². The van der Waals surface area contributed by atoms with E-state index in [0.29, 0.717) is 39.2 Å². The fraction of sp³-hybridized carbons (Fsp3) is 0.259. The predicted molar refractivity (Wildman–Crippen MR) is 139 cm³/mol. The molecular weight excluding hydrogens is 491 g/mol. The van der Waals surface area contributed by atoms with E-state index in [1.165, 1.54) is 0 Å². The zero-order valence-corrected chi connectivity index (χ0v) is 21.2. The van der Waals surface area contributed by atoms with Gasteiger partial charge in [0.25, 0.3) is 0 Å². The van der Waals surface area contributed by atoms with Crippen molar-refractivity contribution < 1.29 is 9.59 Å². The Morgan fingerprint density at radius 3 is 2.12 bits per heavy atom. The molecule has 34 heavy (non-hydrogen) atoms. The van der Waals surface area contributed by atoms with Crippen LogP contribution in [0.5, 0.6) is 0 Å². The summed E-state index contributed by atoms with van der Waals surface area (Å²) < 4.78 is 0. The molecule has 0 aliphatic rings. The van der Waals surface area contributed by atoms with Crippen molar-refractivity contribution >= 4 is 46.6 Å². The van der Waals surface area contributed by atoms with Crippen molar-refractivity contribution in [1.29, 1.82) is 0 Å². The third kappa shape index (κ3) is 6.99. The van der Waals surface area contributed by atoms with E-state index >= 15 is 0 Å². The number of hydrogen-bond donors (Lipinski definition) is 1. The van der Waals surface area contributed by atoms with E-state index < -0.39 is 6.04 Å². The summed E-state index contributed by atoms with van der Waals surface area (Å²) in [5.41, 5.74) is 2.23. The number of hydrogen-bond acceptors (Lipinski definition) is 2. The highest BCUT2D eigenvalue weighted by Gasteiger charge is 2.31. The molecule has 2 amide bonds. The first-order valence-corrected chi connectivity index (χ1v) is 12.3. The molecule has 0 aliphatic carbocycles. The average Bonchev–Trinajstić information content (AvgIpc) is 2.83.